The van der Waals surface area contributed by atoms with Crippen LogP contribution in [-0.2, 0) is 40.7 Å². The maximum Gasteiger partial charge on any atom is 0.344 e. The van der Waals surface area contributed by atoms with E-state index in [-0.39, 0.29) is 7.43 Å². The van der Waals surface area contributed by atoms with E-state index < -0.39 is 34.7 Å². The van der Waals surface area contributed by atoms with E-state index in [9.17, 15) is 27.1 Å². The van der Waals surface area contributed by atoms with Crippen LogP contribution in [0.4, 0.5) is 0 Å². The van der Waals surface area contributed by atoms with Crippen LogP contribution in [0.3, 0.4) is 0 Å². The Hall–Kier alpha value is -1.10. The molecule has 0 aromatic heterocycles. The molecule has 88 valence electrons. The van der Waals surface area contributed by atoms with Crippen LogP contribution in [0.25, 0.3) is 0 Å². The molecule has 0 fully saturated rings. The van der Waals surface area contributed by atoms with Gasteiger partial charge in [0.05, 0.1) is 0 Å². The average molecular weight is 258 g/mol. The predicted molar refractivity (Wildman–Crippen MR) is 45.9 cm³/mol. The number of hydrogen-bond acceptors (Lipinski definition) is 8. The molecule has 8 nitrogen and oxygen atoms in total. The predicted octanol–water partition coefficient (Wildman–Crippen LogP) is -1.15. The fraction of sp³-hybridized carbons (Fsp3) is 0.200. The fourth-order valence-electron chi connectivity index (χ4n) is 0.326. The maximum absolute atomic E-state index is 10.4. The van der Waals surface area contributed by atoms with Crippen molar-refractivity contribution >= 4 is 34.7 Å². The van der Waals surface area contributed by atoms with E-state index in [1.54, 1.807) is 0 Å². The number of rotatable bonds is 4. The lowest BCUT2D eigenvalue weighted by molar-refractivity contribution is -0.131. The second-order valence-electron chi connectivity index (χ2n) is 1.55. The highest BCUT2D eigenvalue weighted by Crippen LogP contribution is 1.88. The number of carbonyl (C=O) groups excluding carboxylic acids is 2. The molecule has 2 atom stereocenters. The minimum atomic E-state index is -3.05. The summed E-state index contributed by atoms with van der Waals surface area (Å²) in [6, 6.07) is 0. The molecule has 0 aromatic carbocycles. The molecule has 0 heterocycles. The molecule has 0 aliphatic rings. The first kappa shape index (κ1) is 16.3. The second kappa shape index (κ2) is 8.23. The summed E-state index contributed by atoms with van der Waals surface area (Å²) >= 11 is -6.09. The number of carbonyl (C=O) groups is 2. The second-order valence-corrected chi connectivity index (χ2v) is 2.70. The lowest BCUT2D eigenvalue weighted by Crippen LogP contribution is -2.06. The maximum atomic E-state index is 10.4. The minimum Gasteiger partial charge on any atom is -0.740 e. The van der Waals surface area contributed by atoms with Gasteiger partial charge in [0.2, 0.25) is 0 Å². The van der Waals surface area contributed by atoms with E-state index in [4.69, 9.17) is 0 Å². The monoisotopic (exact) mass is 258 g/mol. The fourth-order valence-corrected chi connectivity index (χ4v) is 0.705. The molecule has 2 unspecified atom stereocenters. The van der Waals surface area contributed by atoms with Crippen LogP contribution in [0.1, 0.15) is 7.43 Å². The molecule has 0 aliphatic carbocycles. The first-order valence-electron chi connectivity index (χ1n) is 2.73. The van der Waals surface area contributed by atoms with Gasteiger partial charge in [-0.15, -0.1) is 0 Å². The summed E-state index contributed by atoms with van der Waals surface area (Å²) in [5, 5.41) is 0. The Morgan fingerprint density at radius 2 is 1.20 bits per heavy atom. The van der Waals surface area contributed by atoms with E-state index in [0.29, 0.717) is 12.2 Å². The van der Waals surface area contributed by atoms with Gasteiger partial charge in [-0.05, 0) is 0 Å². The van der Waals surface area contributed by atoms with Gasteiger partial charge in [0.1, 0.15) is 22.7 Å². The van der Waals surface area contributed by atoms with Gasteiger partial charge >= 0.3 is 11.9 Å². The van der Waals surface area contributed by atoms with Crippen molar-refractivity contribution in [2.75, 3.05) is 0 Å². The highest BCUT2D eigenvalue weighted by Gasteiger charge is 2.00. The third-order valence-corrected chi connectivity index (χ3v) is 1.26. The van der Waals surface area contributed by atoms with Crippen LogP contribution < -0.4 is 0 Å². The smallest absolute Gasteiger partial charge is 0.344 e. The van der Waals surface area contributed by atoms with Crippen molar-refractivity contribution in [2.45, 2.75) is 7.43 Å². The average Bonchev–Trinajstić information content (AvgIpc) is 1.98. The SMILES string of the molecule is C.O=C(/C=C\C(=O)OS(=O)[O-])OS(=O)[O-]. The van der Waals surface area contributed by atoms with Crippen molar-refractivity contribution in [1.29, 1.82) is 0 Å². The third kappa shape index (κ3) is 10.8. The molecular weight excluding hydrogens is 252 g/mol. The van der Waals surface area contributed by atoms with Crippen molar-refractivity contribution < 1.29 is 35.5 Å². The first-order chi connectivity index (χ1) is 6.41. The molecule has 0 N–H and O–H groups in total. The van der Waals surface area contributed by atoms with Crippen LogP contribution >= 0.6 is 0 Å². The summed E-state index contributed by atoms with van der Waals surface area (Å²) < 4.78 is 46.0. The normalized spacial score (nSPS) is 13.7. The van der Waals surface area contributed by atoms with Crippen LogP contribution in [-0.4, -0.2) is 29.5 Å². The third-order valence-electron chi connectivity index (χ3n) is 0.656. The van der Waals surface area contributed by atoms with E-state index in [1.165, 1.54) is 0 Å². The molecule has 0 saturated carbocycles. The van der Waals surface area contributed by atoms with E-state index >= 15 is 0 Å². The van der Waals surface area contributed by atoms with Crippen molar-refractivity contribution in [3.05, 3.63) is 12.2 Å². The van der Waals surface area contributed by atoms with Crippen molar-refractivity contribution in [3.63, 3.8) is 0 Å². The van der Waals surface area contributed by atoms with E-state index in [0.717, 1.165) is 0 Å². The Balaban J connectivity index is 0. The molecule has 0 saturated heterocycles. The molecule has 0 aliphatic heterocycles. The summed E-state index contributed by atoms with van der Waals surface area (Å²) in [6.07, 6.45) is 0.788. The molecule has 10 heteroatoms. The zero-order chi connectivity index (χ0) is 11.1. The summed E-state index contributed by atoms with van der Waals surface area (Å²) in [5.74, 6) is -2.71. The Morgan fingerprint density at radius 3 is 1.40 bits per heavy atom. The molecule has 0 radical (unpaired) electrons. The molecule has 0 aromatic rings. The van der Waals surface area contributed by atoms with Gasteiger partial charge in [0.15, 0.2) is 0 Å². The van der Waals surface area contributed by atoms with Crippen LogP contribution in [0, 0.1) is 0 Å². The van der Waals surface area contributed by atoms with E-state index in [1.807, 2.05) is 0 Å². The van der Waals surface area contributed by atoms with Gasteiger partial charge in [0, 0.05) is 12.2 Å². The lowest BCUT2D eigenvalue weighted by atomic mass is 10.5. The van der Waals surface area contributed by atoms with Gasteiger partial charge in [-0.1, -0.05) is 7.43 Å². The van der Waals surface area contributed by atoms with E-state index in [2.05, 4.69) is 8.37 Å². The van der Waals surface area contributed by atoms with Crippen LogP contribution in [0.5, 0.6) is 0 Å². The summed E-state index contributed by atoms with van der Waals surface area (Å²) in [6.45, 7) is 0. The van der Waals surface area contributed by atoms with Gasteiger partial charge in [-0.3, -0.25) is 0 Å². The standard InChI is InChI=1S/C4H4O8S2.CH4/c5-3(11-13(7)8)1-2-4(6)12-14(9)10;/h1-2H,(H,7,8)(H,9,10);1H4/p-2/b2-1-;. The summed E-state index contributed by atoms with van der Waals surface area (Å²) in [4.78, 5) is 20.8. The Labute approximate surface area is 90.2 Å². The molecule has 0 spiro atoms. The quantitative estimate of drug-likeness (QED) is 0.456. The molecule has 0 amide bonds. The topological polar surface area (TPSA) is 133 Å². The Bertz CT molecular complexity index is 278. The van der Waals surface area contributed by atoms with Crippen molar-refractivity contribution in [2.24, 2.45) is 0 Å². The minimum absolute atomic E-state index is 0. The van der Waals surface area contributed by atoms with Crippen LogP contribution in [0.2, 0.25) is 0 Å². The van der Waals surface area contributed by atoms with Gasteiger partial charge in [-0.25, -0.2) is 18.0 Å². The zero-order valence-electron chi connectivity index (χ0n) is 6.24. The molecule has 0 bridgehead atoms. The summed E-state index contributed by atoms with van der Waals surface area (Å²) in [5.41, 5.74) is 0. The molecule has 15 heavy (non-hydrogen) atoms. The highest BCUT2D eigenvalue weighted by atomic mass is 32.2. The largest absolute Gasteiger partial charge is 0.740 e. The molecular formula is C5H6O8S2-2. The summed E-state index contributed by atoms with van der Waals surface area (Å²) in [7, 11) is 0. The van der Waals surface area contributed by atoms with Crippen LogP contribution in [0.15, 0.2) is 12.2 Å². The Kier molecular flexibility index (Phi) is 8.96. The van der Waals surface area contributed by atoms with Crippen molar-refractivity contribution in [1.82, 2.24) is 0 Å². The molecule has 0 rings (SSSR count). The Morgan fingerprint density at radius 1 is 0.933 bits per heavy atom. The zero-order valence-corrected chi connectivity index (χ0v) is 7.87. The number of hydrogen-bond donors (Lipinski definition) is 0. The van der Waals surface area contributed by atoms with Gasteiger partial charge in [-0.2, -0.15) is 0 Å². The lowest BCUT2D eigenvalue weighted by Gasteiger charge is -2.02. The van der Waals surface area contributed by atoms with Crippen molar-refractivity contribution in [3.8, 4) is 0 Å². The highest BCUT2D eigenvalue weighted by molar-refractivity contribution is 7.74. The van der Waals surface area contributed by atoms with Gasteiger partial charge < -0.3 is 17.5 Å². The first-order valence-corrected chi connectivity index (χ1v) is 4.73. The van der Waals surface area contributed by atoms with Gasteiger partial charge in [0.25, 0.3) is 0 Å².